The maximum absolute atomic E-state index is 15.0. The summed E-state index contributed by atoms with van der Waals surface area (Å²) in [6.07, 6.45) is 0. The maximum atomic E-state index is 15.0. The lowest BCUT2D eigenvalue weighted by Crippen LogP contribution is -2.29. The lowest BCUT2D eigenvalue weighted by molar-refractivity contribution is -0.140. The summed E-state index contributed by atoms with van der Waals surface area (Å²) in [6.45, 7) is 0.806. The van der Waals surface area contributed by atoms with Gasteiger partial charge in [-0.1, -0.05) is 23.7 Å². The molecule has 1 saturated heterocycles. The fourth-order valence-electron chi connectivity index (χ4n) is 4.03. The Morgan fingerprint density at radius 1 is 1.12 bits per heavy atom. The van der Waals surface area contributed by atoms with Crippen LogP contribution >= 0.6 is 22.9 Å². The van der Waals surface area contributed by atoms with E-state index >= 15 is 4.39 Å². The maximum Gasteiger partial charge on any atom is 0.295 e. The van der Waals surface area contributed by atoms with Crippen LogP contribution in [-0.2, 0) is 16.1 Å². The van der Waals surface area contributed by atoms with E-state index in [-0.39, 0.29) is 28.3 Å². The molecule has 0 bridgehead atoms. The first-order valence-corrected chi connectivity index (χ1v) is 11.4. The highest BCUT2D eigenvalue weighted by molar-refractivity contribution is 7.09. The number of thiophene rings is 1. The fraction of sp³-hybridized carbons (Fsp3) is 0.167. The molecule has 1 amide bonds. The van der Waals surface area contributed by atoms with Gasteiger partial charge in [-0.25, -0.2) is 4.39 Å². The van der Waals surface area contributed by atoms with Gasteiger partial charge in [0.25, 0.3) is 11.7 Å². The molecule has 1 N–H and O–H groups in total. The first-order chi connectivity index (χ1) is 16.0. The van der Waals surface area contributed by atoms with E-state index in [0.717, 1.165) is 4.88 Å². The Hall–Kier alpha value is -3.36. The third kappa shape index (κ3) is 3.75. The van der Waals surface area contributed by atoms with Gasteiger partial charge in [-0.2, -0.15) is 0 Å². The largest absolute Gasteiger partial charge is 0.507 e. The van der Waals surface area contributed by atoms with Gasteiger partial charge in [0.05, 0.1) is 18.2 Å². The molecule has 3 aromatic rings. The lowest BCUT2D eigenvalue weighted by Gasteiger charge is -2.26. The molecular weight excluding hydrogens is 469 g/mol. The van der Waals surface area contributed by atoms with Gasteiger partial charge in [-0.05, 0) is 41.8 Å². The molecule has 2 aliphatic heterocycles. The van der Waals surface area contributed by atoms with Gasteiger partial charge >= 0.3 is 0 Å². The standard InChI is InChI=1S/C24H17ClFNO5S/c25-15-4-1-5-16(26)19(15)21-20(23(29)24(30)27(21)12-14-3-2-10-33-14)22(28)13-6-7-17-18(11-13)32-9-8-31-17/h1-7,10-11,21,28H,8-9,12H2/b22-20+. The number of fused-ring (bicyclic) bond motifs is 1. The number of benzene rings is 2. The molecular formula is C24H17ClFNO5S. The van der Waals surface area contributed by atoms with Crippen molar-refractivity contribution in [1.82, 2.24) is 4.90 Å². The number of amides is 1. The summed E-state index contributed by atoms with van der Waals surface area (Å²) >= 11 is 7.73. The van der Waals surface area contributed by atoms with Crippen LogP contribution in [0.2, 0.25) is 5.02 Å². The van der Waals surface area contributed by atoms with E-state index in [9.17, 15) is 14.7 Å². The van der Waals surface area contributed by atoms with E-state index in [1.54, 1.807) is 12.1 Å². The van der Waals surface area contributed by atoms with Crippen molar-refractivity contribution in [1.29, 1.82) is 0 Å². The third-order valence-electron chi connectivity index (χ3n) is 5.54. The van der Waals surface area contributed by atoms with Gasteiger partial charge in [0.1, 0.15) is 24.8 Å². The van der Waals surface area contributed by atoms with E-state index in [0.29, 0.717) is 24.7 Å². The highest BCUT2D eigenvalue weighted by Crippen LogP contribution is 2.44. The van der Waals surface area contributed by atoms with Crippen molar-refractivity contribution in [2.75, 3.05) is 13.2 Å². The molecule has 1 fully saturated rings. The van der Waals surface area contributed by atoms with Gasteiger partial charge in [-0.15, -0.1) is 11.3 Å². The molecule has 0 spiro atoms. The Bertz CT molecular complexity index is 1270. The highest BCUT2D eigenvalue weighted by atomic mass is 35.5. The van der Waals surface area contributed by atoms with Crippen LogP contribution in [0, 0.1) is 5.82 Å². The van der Waals surface area contributed by atoms with Crippen molar-refractivity contribution in [3.63, 3.8) is 0 Å². The first-order valence-electron chi connectivity index (χ1n) is 10.1. The number of Topliss-reactive ketones (excluding diaryl/α,β-unsaturated/α-hetero) is 1. The van der Waals surface area contributed by atoms with Crippen molar-refractivity contribution in [2.24, 2.45) is 0 Å². The van der Waals surface area contributed by atoms with E-state index < -0.39 is 29.3 Å². The quantitative estimate of drug-likeness (QED) is 0.322. The minimum absolute atomic E-state index is 0.0472. The first kappa shape index (κ1) is 21.5. The average Bonchev–Trinajstić information content (AvgIpc) is 3.41. The van der Waals surface area contributed by atoms with Crippen LogP contribution in [-0.4, -0.2) is 34.9 Å². The zero-order chi connectivity index (χ0) is 23.1. The number of ketones is 1. The number of aliphatic hydroxyl groups excluding tert-OH is 1. The number of nitrogens with zero attached hydrogens (tertiary/aromatic N) is 1. The number of aliphatic hydroxyl groups is 1. The van der Waals surface area contributed by atoms with Crippen molar-refractivity contribution in [3.05, 3.63) is 86.3 Å². The summed E-state index contributed by atoms with van der Waals surface area (Å²) in [5, 5.41) is 13.1. The second-order valence-electron chi connectivity index (χ2n) is 7.50. The number of hydrogen-bond acceptors (Lipinski definition) is 6. The Kier molecular flexibility index (Phi) is 5.55. The Morgan fingerprint density at radius 3 is 2.64 bits per heavy atom. The summed E-state index contributed by atoms with van der Waals surface area (Å²) in [4.78, 5) is 28.2. The van der Waals surface area contributed by atoms with Crippen LogP contribution in [0.5, 0.6) is 11.5 Å². The van der Waals surface area contributed by atoms with Crippen LogP contribution in [0.1, 0.15) is 22.0 Å². The predicted octanol–water partition coefficient (Wildman–Crippen LogP) is 4.93. The predicted molar refractivity (Wildman–Crippen MR) is 121 cm³/mol. The smallest absolute Gasteiger partial charge is 0.295 e. The summed E-state index contributed by atoms with van der Waals surface area (Å²) in [5.74, 6) is -1.97. The molecule has 0 saturated carbocycles. The summed E-state index contributed by atoms with van der Waals surface area (Å²) in [5.41, 5.74) is -0.0416. The second-order valence-corrected chi connectivity index (χ2v) is 8.94. The van der Waals surface area contributed by atoms with Crippen LogP contribution < -0.4 is 9.47 Å². The number of carbonyl (C=O) groups excluding carboxylic acids is 2. The molecule has 9 heteroatoms. The Labute approximate surface area is 197 Å². The molecule has 2 aromatic carbocycles. The number of halogens is 2. The van der Waals surface area contributed by atoms with Crippen molar-refractivity contribution >= 4 is 40.4 Å². The summed E-state index contributed by atoms with van der Waals surface area (Å²) < 4.78 is 26.1. The molecule has 33 heavy (non-hydrogen) atoms. The number of likely N-dealkylation sites (tertiary alicyclic amines) is 1. The Morgan fingerprint density at radius 2 is 1.91 bits per heavy atom. The molecule has 2 aliphatic rings. The molecule has 0 radical (unpaired) electrons. The van der Waals surface area contributed by atoms with Crippen LogP contribution in [0.25, 0.3) is 5.76 Å². The minimum atomic E-state index is -1.20. The zero-order valence-corrected chi connectivity index (χ0v) is 18.7. The molecule has 1 atom stereocenters. The molecule has 3 heterocycles. The van der Waals surface area contributed by atoms with Crippen molar-refractivity contribution < 1.29 is 28.6 Å². The molecule has 5 rings (SSSR count). The van der Waals surface area contributed by atoms with E-state index in [2.05, 4.69) is 0 Å². The van der Waals surface area contributed by atoms with Crippen LogP contribution in [0.15, 0.2) is 59.5 Å². The molecule has 168 valence electrons. The monoisotopic (exact) mass is 485 g/mol. The van der Waals surface area contributed by atoms with Crippen LogP contribution in [0.3, 0.4) is 0 Å². The topological polar surface area (TPSA) is 76.1 Å². The Balaban J connectivity index is 1.68. The summed E-state index contributed by atoms with van der Waals surface area (Å²) in [7, 11) is 0. The van der Waals surface area contributed by atoms with Crippen molar-refractivity contribution in [3.8, 4) is 11.5 Å². The number of ether oxygens (including phenoxy) is 2. The molecule has 1 unspecified atom stereocenters. The minimum Gasteiger partial charge on any atom is -0.507 e. The van der Waals surface area contributed by atoms with Gasteiger partial charge in [0.2, 0.25) is 0 Å². The van der Waals surface area contributed by atoms with Gasteiger partial charge in [0.15, 0.2) is 11.5 Å². The number of carbonyl (C=O) groups is 2. The molecule has 1 aromatic heterocycles. The molecule has 6 nitrogen and oxygen atoms in total. The average molecular weight is 486 g/mol. The highest BCUT2D eigenvalue weighted by Gasteiger charge is 2.47. The molecule has 0 aliphatic carbocycles. The van der Waals surface area contributed by atoms with E-state index in [4.69, 9.17) is 21.1 Å². The number of rotatable bonds is 4. The van der Waals surface area contributed by atoms with E-state index in [1.165, 1.54) is 40.5 Å². The zero-order valence-electron chi connectivity index (χ0n) is 17.1. The van der Waals surface area contributed by atoms with Crippen LogP contribution in [0.4, 0.5) is 4.39 Å². The van der Waals surface area contributed by atoms with Crippen molar-refractivity contribution in [2.45, 2.75) is 12.6 Å². The summed E-state index contributed by atoms with van der Waals surface area (Å²) in [6, 6.07) is 11.2. The normalized spacial score (nSPS) is 19.2. The van der Waals surface area contributed by atoms with E-state index in [1.807, 2.05) is 17.5 Å². The second kappa shape index (κ2) is 8.53. The van der Waals surface area contributed by atoms with Gasteiger partial charge in [0, 0.05) is 21.0 Å². The lowest BCUT2D eigenvalue weighted by atomic mass is 9.94. The fourth-order valence-corrected chi connectivity index (χ4v) is 5.00. The SMILES string of the molecule is O=C1C(=O)N(Cc2cccs2)C(c2c(F)cccc2Cl)/C1=C(\O)c1ccc2c(c1)OCCO2. The third-order valence-corrected chi connectivity index (χ3v) is 6.73. The number of hydrogen-bond donors (Lipinski definition) is 1. The van der Waals surface area contributed by atoms with Gasteiger partial charge in [-0.3, -0.25) is 9.59 Å². The van der Waals surface area contributed by atoms with Gasteiger partial charge < -0.3 is 19.5 Å².